The fraction of sp³-hybridized carbons (Fsp3) is 0.500. The fourth-order valence-electron chi connectivity index (χ4n) is 2.11. The predicted molar refractivity (Wildman–Crippen MR) is 76.2 cm³/mol. The highest BCUT2D eigenvalue weighted by molar-refractivity contribution is 9.10. The van der Waals surface area contributed by atoms with Gasteiger partial charge in [0.05, 0.1) is 6.04 Å². The molecule has 0 unspecified atom stereocenters. The van der Waals surface area contributed by atoms with Crippen LogP contribution in [0.2, 0.25) is 0 Å². The minimum atomic E-state index is -0.424. The summed E-state index contributed by atoms with van der Waals surface area (Å²) in [6.07, 6.45) is 3.38. The topological polar surface area (TPSA) is 55.1 Å². The molecule has 0 aromatic heterocycles. The van der Waals surface area contributed by atoms with E-state index in [1.807, 2.05) is 6.07 Å². The van der Waals surface area contributed by atoms with Crippen LogP contribution in [0.3, 0.4) is 0 Å². The quantitative estimate of drug-likeness (QED) is 0.876. The highest BCUT2D eigenvalue weighted by atomic mass is 79.9. The molecule has 1 atom stereocenters. The Kier molecular flexibility index (Phi) is 4.07. The lowest BCUT2D eigenvalue weighted by Gasteiger charge is -2.17. The molecule has 4 heteroatoms. The van der Waals surface area contributed by atoms with Gasteiger partial charge in [-0.25, -0.2) is 0 Å². The maximum atomic E-state index is 11.5. The Balaban J connectivity index is 1.90. The van der Waals surface area contributed by atoms with Gasteiger partial charge < -0.3 is 11.1 Å². The van der Waals surface area contributed by atoms with Gasteiger partial charge in [0.25, 0.3) is 0 Å². The zero-order valence-electron chi connectivity index (χ0n) is 10.6. The first kappa shape index (κ1) is 13.6. The van der Waals surface area contributed by atoms with Gasteiger partial charge in [0.1, 0.15) is 0 Å². The van der Waals surface area contributed by atoms with Crippen molar-refractivity contribution in [3.05, 3.63) is 34.3 Å². The molecule has 0 radical (unpaired) electrons. The number of hydrogen-bond donors (Lipinski definition) is 2. The predicted octanol–water partition coefficient (Wildman–Crippen LogP) is 2.24. The molecule has 3 nitrogen and oxygen atoms in total. The molecule has 0 spiro atoms. The van der Waals surface area contributed by atoms with E-state index >= 15 is 0 Å². The summed E-state index contributed by atoms with van der Waals surface area (Å²) in [7, 11) is 0. The van der Waals surface area contributed by atoms with Crippen LogP contribution in [0, 0.1) is 5.41 Å². The standard InChI is InChI=1S/C14H19BrN2O/c1-10(16)13(18)17-9-14(5-6-14)8-11-3-2-4-12(15)7-11/h2-4,7,10H,5-6,8-9,16H2,1H3,(H,17,18)/t10-/m1/s1. The Morgan fingerprint density at radius 1 is 1.56 bits per heavy atom. The summed E-state index contributed by atoms with van der Waals surface area (Å²) in [5.41, 5.74) is 7.11. The van der Waals surface area contributed by atoms with Crippen molar-refractivity contribution in [2.24, 2.45) is 11.1 Å². The van der Waals surface area contributed by atoms with Crippen LogP contribution < -0.4 is 11.1 Å². The second-order valence-corrected chi connectivity index (χ2v) is 6.23. The second-order valence-electron chi connectivity index (χ2n) is 5.31. The summed E-state index contributed by atoms with van der Waals surface area (Å²) < 4.78 is 1.11. The van der Waals surface area contributed by atoms with Crippen molar-refractivity contribution in [1.29, 1.82) is 0 Å². The first-order valence-electron chi connectivity index (χ1n) is 6.29. The Morgan fingerprint density at radius 2 is 2.28 bits per heavy atom. The van der Waals surface area contributed by atoms with Crippen LogP contribution in [0.15, 0.2) is 28.7 Å². The van der Waals surface area contributed by atoms with Crippen LogP contribution in [0.1, 0.15) is 25.3 Å². The van der Waals surface area contributed by atoms with E-state index in [-0.39, 0.29) is 11.3 Å². The lowest BCUT2D eigenvalue weighted by molar-refractivity contribution is -0.122. The first-order chi connectivity index (χ1) is 8.51. The van der Waals surface area contributed by atoms with Crippen LogP contribution in [0.25, 0.3) is 0 Å². The summed E-state index contributed by atoms with van der Waals surface area (Å²) in [5, 5.41) is 2.94. The van der Waals surface area contributed by atoms with Crippen molar-refractivity contribution in [3.63, 3.8) is 0 Å². The minimum absolute atomic E-state index is 0.0597. The van der Waals surface area contributed by atoms with Gasteiger partial charge in [0, 0.05) is 11.0 Å². The van der Waals surface area contributed by atoms with Gasteiger partial charge in [0.15, 0.2) is 0 Å². The molecule has 1 amide bonds. The lowest BCUT2D eigenvalue weighted by Crippen LogP contribution is -2.41. The van der Waals surface area contributed by atoms with E-state index in [9.17, 15) is 4.79 Å². The number of nitrogens with one attached hydrogen (secondary N) is 1. The zero-order chi connectivity index (χ0) is 13.2. The number of amides is 1. The maximum absolute atomic E-state index is 11.5. The highest BCUT2D eigenvalue weighted by Crippen LogP contribution is 2.47. The van der Waals surface area contributed by atoms with E-state index in [4.69, 9.17) is 5.73 Å². The number of benzene rings is 1. The molecule has 0 bridgehead atoms. The Bertz CT molecular complexity index is 441. The molecule has 1 aliphatic carbocycles. The average Bonchev–Trinajstić information content (AvgIpc) is 3.06. The Morgan fingerprint density at radius 3 is 2.83 bits per heavy atom. The molecule has 0 saturated heterocycles. The van der Waals surface area contributed by atoms with E-state index in [1.165, 1.54) is 18.4 Å². The monoisotopic (exact) mass is 310 g/mol. The number of halogens is 1. The number of hydrogen-bond acceptors (Lipinski definition) is 2. The molecular formula is C14H19BrN2O. The van der Waals surface area contributed by atoms with Gasteiger partial charge in [-0.3, -0.25) is 4.79 Å². The van der Waals surface area contributed by atoms with Crippen LogP contribution in [-0.2, 0) is 11.2 Å². The molecular weight excluding hydrogens is 292 g/mol. The fourth-order valence-corrected chi connectivity index (χ4v) is 2.56. The molecule has 2 rings (SSSR count). The number of nitrogens with two attached hydrogens (primary N) is 1. The molecule has 1 saturated carbocycles. The summed E-state index contributed by atoms with van der Waals surface area (Å²) in [5.74, 6) is -0.0597. The molecule has 0 heterocycles. The van der Waals surface area contributed by atoms with Crippen LogP contribution in [0.4, 0.5) is 0 Å². The summed E-state index contributed by atoms with van der Waals surface area (Å²) >= 11 is 3.49. The average molecular weight is 311 g/mol. The van der Waals surface area contributed by atoms with Gasteiger partial charge in [-0.05, 0) is 49.3 Å². The van der Waals surface area contributed by atoms with E-state index in [2.05, 4.69) is 39.4 Å². The van der Waals surface area contributed by atoms with Crippen molar-refractivity contribution in [2.45, 2.75) is 32.2 Å². The highest BCUT2D eigenvalue weighted by Gasteiger charge is 2.42. The van der Waals surface area contributed by atoms with Gasteiger partial charge in [-0.15, -0.1) is 0 Å². The molecule has 1 aromatic rings. The molecule has 1 aromatic carbocycles. The van der Waals surface area contributed by atoms with Crippen LogP contribution >= 0.6 is 15.9 Å². The number of rotatable bonds is 5. The van der Waals surface area contributed by atoms with E-state index in [1.54, 1.807) is 6.92 Å². The van der Waals surface area contributed by atoms with Crippen molar-refractivity contribution in [2.75, 3.05) is 6.54 Å². The van der Waals surface area contributed by atoms with Gasteiger partial charge in [-0.2, -0.15) is 0 Å². The Labute approximate surface area is 116 Å². The van der Waals surface area contributed by atoms with Crippen molar-refractivity contribution < 1.29 is 4.79 Å². The summed E-state index contributed by atoms with van der Waals surface area (Å²) in [4.78, 5) is 11.5. The van der Waals surface area contributed by atoms with Gasteiger partial charge in [-0.1, -0.05) is 28.1 Å². The lowest BCUT2D eigenvalue weighted by atomic mass is 9.96. The van der Waals surface area contributed by atoms with Crippen molar-refractivity contribution in [1.82, 2.24) is 5.32 Å². The number of carbonyl (C=O) groups is 1. The normalized spacial score (nSPS) is 18.2. The van der Waals surface area contributed by atoms with E-state index in [0.717, 1.165) is 17.4 Å². The SMILES string of the molecule is C[C@@H](N)C(=O)NCC1(Cc2cccc(Br)c2)CC1. The minimum Gasteiger partial charge on any atom is -0.354 e. The van der Waals surface area contributed by atoms with Crippen molar-refractivity contribution in [3.8, 4) is 0 Å². The molecule has 18 heavy (non-hydrogen) atoms. The second kappa shape index (κ2) is 5.41. The van der Waals surface area contributed by atoms with Crippen molar-refractivity contribution >= 4 is 21.8 Å². The third kappa shape index (κ3) is 3.56. The van der Waals surface area contributed by atoms with Gasteiger partial charge >= 0.3 is 0 Å². The molecule has 3 N–H and O–H groups in total. The largest absolute Gasteiger partial charge is 0.354 e. The molecule has 98 valence electrons. The third-order valence-corrected chi connectivity index (χ3v) is 3.97. The third-order valence-electron chi connectivity index (χ3n) is 3.48. The van der Waals surface area contributed by atoms with E-state index < -0.39 is 6.04 Å². The first-order valence-corrected chi connectivity index (χ1v) is 7.08. The smallest absolute Gasteiger partial charge is 0.236 e. The van der Waals surface area contributed by atoms with E-state index in [0.29, 0.717) is 0 Å². The molecule has 1 aliphatic rings. The Hall–Kier alpha value is -0.870. The van der Waals surface area contributed by atoms with Crippen LogP contribution in [-0.4, -0.2) is 18.5 Å². The van der Waals surface area contributed by atoms with Crippen LogP contribution in [0.5, 0.6) is 0 Å². The number of carbonyl (C=O) groups excluding carboxylic acids is 1. The summed E-state index contributed by atoms with van der Waals surface area (Å²) in [6, 6.07) is 7.94. The summed E-state index contributed by atoms with van der Waals surface area (Å²) in [6.45, 7) is 2.45. The maximum Gasteiger partial charge on any atom is 0.236 e. The molecule has 0 aliphatic heterocycles. The van der Waals surface area contributed by atoms with Gasteiger partial charge in [0.2, 0.25) is 5.91 Å². The molecule has 1 fully saturated rings. The zero-order valence-corrected chi connectivity index (χ0v) is 12.2.